The third-order valence-corrected chi connectivity index (χ3v) is 5.70. The molecule has 1 aromatic heterocycles. The number of aromatic nitrogens is 1. The highest BCUT2D eigenvalue weighted by Crippen LogP contribution is 2.33. The molecule has 0 fully saturated rings. The second-order valence-corrected chi connectivity index (χ2v) is 7.70. The number of hydrogen-bond acceptors (Lipinski definition) is 3. The van der Waals surface area contributed by atoms with Gasteiger partial charge in [-0.2, -0.15) is 0 Å². The van der Waals surface area contributed by atoms with E-state index in [0.29, 0.717) is 36.6 Å². The Hall–Kier alpha value is -3.35. The van der Waals surface area contributed by atoms with E-state index < -0.39 is 5.97 Å². The molecule has 7 heteroatoms. The van der Waals surface area contributed by atoms with Gasteiger partial charge in [0.25, 0.3) is 0 Å². The Labute approximate surface area is 172 Å². The molecule has 156 valence electrons. The molecule has 0 saturated heterocycles. The number of carboxylic acid groups (broad SMARTS) is 1. The SMILES string of the molecule is O=C(O)Cn1c2c(c3cc(F)ccc31)C[C@@H](NC(=O)CCc1ccccc1O)CC2. The monoisotopic (exact) mass is 410 g/mol. The predicted octanol–water partition coefficient (Wildman–Crippen LogP) is 3.18. The minimum Gasteiger partial charge on any atom is -0.508 e. The number of carboxylic acids is 1. The summed E-state index contributed by atoms with van der Waals surface area (Å²) >= 11 is 0. The standard InChI is InChI=1S/C23H23FN2O4/c24-15-6-8-19-17(11-15)18-12-16(7-9-20(18)26(19)13-23(29)30)25-22(28)10-5-14-3-1-2-4-21(14)27/h1-4,6,8,11,16,27H,5,7,9-10,12-13H2,(H,25,28)(H,29,30)/t16-/m0/s1. The van der Waals surface area contributed by atoms with E-state index in [0.717, 1.165) is 16.8 Å². The average molecular weight is 410 g/mol. The quantitative estimate of drug-likeness (QED) is 0.582. The van der Waals surface area contributed by atoms with Crippen molar-refractivity contribution in [3.63, 3.8) is 0 Å². The number of nitrogens with zero attached hydrogens (tertiary/aromatic N) is 1. The van der Waals surface area contributed by atoms with Crippen LogP contribution in [0.2, 0.25) is 0 Å². The number of nitrogens with one attached hydrogen (secondary N) is 1. The molecule has 0 bridgehead atoms. The summed E-state index contributed by atoms with van der Waals surface area (Å²) in [6, 6.07) is 11.2. The van der Waals surface area contributed by atoms with Crippen LogP contribution in [0.4, 0.5) is 4.39 Å². The van der Waals surface area contributed by atoms with Gasteiger partial charge in [-0.3, -0.25) is 9.59 Å². The number of para-hydroxylation sites is 1. The Bertz CT molecular complexity index is 1120. The summed E-state index contributed by atoms with van der Waals surface area (Å²) in [4.78, 5) is 23.8. The number of phenolic OH excluding ortho intramolecular Hbond substituents is 1. The first-order valence-electron chi connectivity index (χ1n) is 10.00. The van der Waals surface area contributed by atoms with Crippen LogP contribution >= 0.6 is 0 Å². The summed E-state index contributed by atoms with van der Waals surface area (Å²) in [6.45, 7) is -0.172. The zero-order chi connectivity index (χ0) is 21.3. The van der Waals surface area contributed by atoms with Crippen LogP contribution in [-0.2, 0) is 35.4 Å². The number of phenols is 1. The molecule has 0 unspecified atom stereocenters. The summed E-state index contributed by atoms with van der Waals surface area (Å²) in [5.41, 5.74) is 3.24. The van der Waals surface area contributed by atoms with E-state index in [2.05, 4.69) is 5.32 Å². The minimum absolute atomic E-state index is 0.0958. The number of carbonyl (C=O) groups excluding carboxylic acids is 1. The maximum absolute atomic E-state index is 13.9. The highest BCUT2D eigenvalue weighted by Gasteiger charge is 2.27. The Kier molecular flexibility index (Phi) is 5.44. The van der Waals surface area contributed by atoms with Gasteiger partial charge in [0.2, 0.25) is 5.91 Å². The van der Waals surface area contributed by atoms with E-state index in [-0.39, 0.29) is 36.5 Å². The fourth-order valence-electron chi connectivity index (χ4n) is 4.33. The van der Waals surface area contributed by atoms with Gasteiger partial charge >= 0.3 is 5.97 Å². The largest absolute Gasteiger partial charge is 0.508 e. The smallest absolute Gasteiger partial charge is 0.323 e. The maximum Gasteiger partial charge on any atom is 0.323 e. The van der Waals surface area contributed by atoms with Crippen LogP contribution in [0.1, 0.15) is 29.7 Å². The first-order valence-corrected chi connectivity index (χ1v) is 10.00. The molecule has 3 aromatic rings. The average Bonchev–Trinajstić information content (AvgIpc) is 2.99. The van der Waals surface area contributed by atoms with Crippen LogP contribution in [0.3, 0.4) is 0 Å². The fourth-order valence-corrected chi connectivity index (χ4v) is 4.33. The molecule has 1 atom stereocenters. The number of halogens is 1. The Balaban J connectivity index is 1.50. The summed E-state index contributed by atoms with van der Waals surface area (Å²) in [6.07, 6.45) is 2.54. The number of fused-ring (bicyclic) bond motifs is 3. The number of amides is 1. The Morgan fingerprint density at radius 2 is 2.00 bits per heavy atom. The van der Waals surface area contributed by atoms with E-state index in [1.165, 1.54) is 12.1 Å². The van der Waals surface area contributed by atoms with Crippen molar-refractivity contribution < 1.29 is 24.2 Å². The molecule has 6 nitrogen and oxygen atoms in total. The normalized spacial score (nSPS) is 15.7. The predicted molar refractivity (Wildman–Crippen MR) is 110 cm³/mol. The second-order valence-electron chi connectivity index (χ2n) is 7.70. The zero-order valence-electron chi connectivity index (χ0n) is 16.4. The first-order chi connectivity index (χ1) is 14.4. The van der Waals surface area contributed by atoms with Crippen molar-refractivity contribution in [1.82, 2.24) is 9.88 Å². The van der Waals surface area contributed by atoms with Crippen LogP contribution in [-0.4, -0.2) is 32.7 Å². The number of aryl methyl sites for hydroxylation is 1. The van der Waals surface area contributed by atoms with Crippen molar-refractivity contribution in [2.75, 3.05) is 0 Å². The fraction of sp³-hybridized carbons (Fsp3) is 0.304. The lowest BCUT2D eigenvalue weighted by Crippen LogP contribution is -2.39. The van der Waals surface area contributed by atoms with E-state index in [1.54, 1.807) is 28.8 Å². The van der Waals surface area contributed by atoms with Gasteiger partial charge < -0.3 is 20.1 Å². The molecule has 30 heavy (non-hydrogen) atoms. The number of rotatable bonds is 6. The van der Waals surface area contributed by atoms with E-state index >= 15 is 0 Å². The molecule has 2 aromatic carbocycles. The minimum atomic E-state index is -0.946. The van der Waals surface area contributed by atoms with E-state index in [9.17, 15) is 24.2 Å². The van der Waals surface area contributed by atoms with E-state index in [4.69, 9.17) is 0 Å². The third kappa shape index (κ3) is 4.01. The van der Waals surface area contributed by atoms with Gasteiger partial charge in [-0.15, -0.1) is 0 Å². The van der Waals surface area contributed by atoms with Crippen molar-refractivity contribution in [1.29, 1.82) is 0 Å². The first kappa shape index (κ1) is 19.9. The molecular weight excluding hydrogens is 387 g/mol. The van der Waals surface area contributed by atoms with Gasteiger partial charge in [-0.25, -0.2) is 4.39 Å². The number of hydrogen-bond donors (Lipinski definition) is 3. The third-order valence-electron chi connectivity index (χ3n) is 5.70. The van der Waals surface area contributed by atoms with Gasteiger partial charge in [-0.05, 0) is 61.1 Å². The number of benzene rings is 2. The summed E-state index contributed by atoms with van der Waals surface area (Å²) in [5.74, 6) is -1.24. The number of aliphatic carboxylic acids is 1. The van der Waals surface area contributed by atoms with Gasteiger partial charge in [0.05, 0.1) is 0 Å². The Morgan fingerprint density at radius 3 is 2.77 bits per heavy atom. The van der Waals surface area contributed by atoms with Crippen LogP contribution in [0.25, 0.3) is 10.9 Å². The zero-order valence-corrected chi connectivity index (χ0v) is 16.4. The molecule has 0 saturated carbocycles. The highest BCUT2D eigenvalue weighted by molar-refractivity contribution is 5.87. The van der Waals surface area contributed by atoms with Crippen molar-refractivity contribution in [2.24, 2.45) is 0 Å². The van der Waals surface area contributed by atoms with Crippen LogP contribution in [0.15, 0.2) is 42.5 Å². The lowest BCUT2D eigenvalue weighted by Gasteiger charge is -2.25. The Morgan fingerprint density at radius 1 is 1.20 bits per heavy atom. The van der Waals surface area contributed by atoms with Gasteiger partial charge in [-0.1, -0.05) is 18.2 Å². The van der Waals surface area contributed by atoms with Crippen molar-refractivity contribution in [3.05, 3.63) is 65.1 Å². The second kappa shape index (κ2) is 8.18. The van der Waals surface area contributed by atoms with Gasteiger partial charge in [0.15, 0.2) is 0 Å². The van der Waals surface area contributed by atoms with Gasteiger partial charge in [0, 0.05) is 29.1 Å². The van der Waals surface area contributed by atoms with Crippen molar-refractivity contribution in [3.8, 4) is 5.75 Å². The molecule has 1 aliphatic rings. The highest BCUT2D eigenvalue weighted by atomic mass is 19.1. The topological polar surface area (TPSA) is 91.6 Å². The molecule has 0 radical (unpaired) electrons. The molecule has 1 heterocycles. The summed E-state index contributed by atoms with van der Waals surface area (Å²) in [7, 11) is 0. The molecule has 1 amide bonds. The molecular formula is C23H23FN2O4. The molecule has 1 aliphatic carbocycles. The van der Waals surface area contributed by atoms with Crippen LogP contribution in [0.5, 0.6) is 5.75 Å². The van der Waals surface area contributed by atoms with Crippen molar-refractivity contribution in [2.45, 2.75) is 44.7 Å². The van der Waals surface area contributed by atoms with Crippen molar-refractivity contribution >= 4 is 22.8 Å². The van der Waals surface area contributed by atoms with Crippen LogP contribution < -0.4 is 5.32 Å². The molecule has 3 N–H and O–H groups in total. The molecule has 0 aliphatic heterocycles. The number of aromatic hydroxyl groups is 1. The van der Waals surface area contributed by atoms with E-state index in [1.807, 2.05) is 6.07 Å². The summed E-state index contributed by atoms with van der Waals surface area (Å²) < 4.78 is 15.6. The maximum atomic E-state index is 13.9. The number of carbonyl (C=O) groups is 2. The van der Waals surface area contributed by atoms with Gasteiger partial charge in [0.1, 0.15) is 18.1 Å². The molecule has 0 spiro atoms. The lowest BCUT2D eigenvalue weighted by atomic mass is 9.91. The van der Waals surface area contributed by atoms with Crippen LogP contribution in [0, 0.1) is 5.82 Å². The lowest BCUT2D eigenvalue weighted by molar-refractivity contribution is -0.137. The summed E-state index contributed by atoms with van der Waals surface area (Å²) in [5, 5.41) is 22.9. The molecule has 4 rings (SSSR count).